The molecule has 0 aromatic heterocycles. The van der Waals surface area contributed by atoms with Gasteiger partial charge in [-0.25, -0.2) is 0 Å². The molecule has 2 nitrogen and oxygen atoms in total. The monoisotopic (exact) mass is 244 g/mol. The topological polar surface area (TPSA) is 38.0 Å². The molecule has 0 bridgehead atoms. The number of fused-ring (bicyclic) bond motifs is 1. The van der Waals surface area contributed by atoms with E-state index in [0.717, 1.165) is 11.6 Å². The Balaban J connectivity index is 1.72. The average molecular weight is 244 g/mol. The van der Waals surface area contributed by atoms with Crippen LogP contribution in [0.3, 0.4) is 0 Å². The SMILES string of the molecule is CC1CCCCC1NC1CCc2cc(N)ccc21. The van der Waals surface area contributed by atoms with Crippen molar-refractivity contribution in [1.82, 2.24) is 5.32 Å². The molecular weight excluding hydrogens is 220 g/mol. The van der Waals surface area contributed by atoms with Crippen molar-refractivity contribution >= 4 is 5.69 Å². The minimum absolute atomic E-state index is 0.561. The van der Waals surface area contributed by atoms with Gasteiger partial charge in [0.05, 0.1) is 0 Å². The summed E-state index contributed by atoms with van der Waals surface area (Å²) in [5.41, 5.74) is 9.71. The molecule has 0 radical (unpaired) electrons. The summed E-state index contributed by atoms with van der Waals surface area (Å²) >= 11 is 0. The van der Waals surface area contributed by atoms with Gasteiger partial charge in [0.1, 0.15) is 0 Å². The lowest BCUT2D eigenvalue weighted by molar-refractivity contribution is 0.258. The highest BCUT2D eigenvalue weighted by Crippen LogP contribution is 2.34. The lowest BCUT2D eigenvalue weighted by atomic mass is 9.85. The summed E-state index contributed by atoms with van der Waals surface area (Å²) in [6.45, 7) is 2.40. The van der Waals surface area contributed by atoms with Gasteiger partial charge in [0.15, 0.2) is 0 Å². The fraction of sp³-hybridized carbons (Fsp3) is 0.625. The molecule has 1 saturated carbocycles. The van der Waals surface area contributed by atoms with Crippen molar-refractivity contribution in [2.24, 2.45) is 5.92 Å². The first kappa shape index (κ1) is 12.0. The minimum atomic E-state index is 0.561. The standard InChI is InChI=1S/C16H24N2/c1-11-4-2-3-5-15(11)18-16-9-6-12-10-13(17)7-8-14(12)16/h7-8,10-11,15-16,18H,2-6,9,17H2,1H3. The van der Waals surface area contributed by atoms with Crippen LogP contribution in [0.4, 0.5) is 5.69 Å². The van der Waals surface area contributed by atoms with Crippen LogP contribution in [-0.4, -0.2) is 6.04 Å². The van der Waals surface area contributed by atoms with Gasteiger partial charge in [0.25, 0.3) is 0 Å². The molecule has 18 heavy (non-hydrogen) atoms. The van der Waals surface area contributed by atoms with Crippen molar-refractivity contribution in [1.29, 1.82) is 0 Å². The summed E-state index contributed by atoms with van der Waals surface area (Å²) in [5, 5.41) is 3.90. The van der Waals surface area contributed by atoms with E-state index in [1.807, 2.05) is 6.07 Å². The summed E-state index contributed by atoms with van der Waals surface area (Å²) in [4.78, 5) is 0. The Morgan fingerprint density at radius 1 is 1.17 bits per heavy atom. The third-order valence-electron chi connectivity index (χ3n) is 4.77. The van der Waals surface area contributed by atoms with Crippen LogP contribution < -0.4 is 11.1 Å². The van der Waals surface area contributed by atoms with Gasteiger partial charge in [0.2, 0.25) is 0 Å². The number of benzene rings is 1. The highest BCUT2D eigenvalue weighted by molar-refractivity contribution is 5.47. The Morgan fingerprint density at radius 3 is 2.83 bits per heavy atom. The third kappa shape index (κ3) is 2.26. The summed E-state index contributed by atoms with van der Waals surface area (Å²) in [5.74, 6) is 0.830. The normalized spacial score (nSPS) is 31.3. The van der Waals surface area contributed by atoms with Crippen molar-refractivity contribution in [3.8, 4) is 0 Å². The first-order chi connectivity index (χ1) is 8.74. The first-order valence-electron chi connectivity index (χ1n) is 7.38. The lowest BCUT2D eigenvalue weighted by Crippen LogP contribution is -2.38. The van der Waals surface area contributed by atoms with E-state index in [-0.39, 0.29) is 0 Å². The van der Waals surface area contributed by atoms with Gasteiger partial charge in [-0.05, 0) is 54.9 Å². The smallest absolute Gasteiger partial charge is 0.0328 e. The molecule has 3 atom stereocenters. The molecule has 3 unspecified atom stereocenters. The zero-order valence-electron chi connectivity index (χ0n) is 11.3. The second-order valence-electron chi connectivity index (χ2n) is 6.08. The van der Waals surface area contributed by atoms with Crippen LogP contribution in [0.2, 0.25) is 0 Å². The molecule has 0 amide bonds. The molecule has 98 valence electrons. The van der Waals surface area contributed by atoms with Crippen LogP contribution in [0.15, 0.2) is 18.2 Å². The predicted molar refractivity (Wildman–Crippen MR) is 76.5 cm³/mol. The maximum absolute atomic E-state index is 5.86. The molecule has 1 aromatic carbocycles. The number of nitrogen functional groups attached to an aromatic ring is 1. The van der Waals surface area contributed by atoms with Gasteiger partial charge in [-0.1, -0.05) is 25.8 Å². The van der Waals surface area contributed by atoms with Gasteiger partial charge < -0.3 is 11.1 Å². The van der Waals surface area contributed by atoms with E-state index in [9.17, 15) is 0 Å². The van der Waals surface area contributed by atoms with E-state index < -0.39 is 0 Å². The lowest BCUT2D eigenvalue weighted by Gasteiger charge is -2.32. The fourth-order valence-corrected chi connectivity index (χ4v) is 3.63. The third-order valence-corrected chi connectivity index (χ3v) is 4.77. The number of nitrogens with two attached hydrogens (primary N) is 1. The highest BCUT2D eigenvalue weighted by atomic mass is 15.0. The van der Waals surface area contributed by atoms with E-state index in [4.69, 9.17) is 5.73 Å². The van der Waals surface area contributed by atoms with E-state index in [2.05, 4.69) is 24.4 Å². The Kier molecular flexibility index (Phi) is 3.29. The number of hydrogen-bond donors (Lipinski definition) is 2. The molecule has 0 aliphatic heterocycles. The van der Waals surface area contributed by atoms with E-state index >= 15 is 0 Å². The molecule has 1 aromatic rings. The molecule has 0 saturated heterocycles. The first-order valence-corrected chi connectivity index (χ1v) is 7.38. The molecule has 2 aliphatic carbocycles. The second kappa shape index (κ2) is 4.93. The van der Waals surface area contributed by atoms with Crippen LogP contribution in [0.25, 0.3) is 0 Å². The summed E-state index contributed by atoms with van der Waals surface area (Å²) < 4.78 is 0. The zero-order chi connectivity index (χ0) is 12.5. The number of nitrogens with one attached hydrogen (secondary N) is 1. The predicted octanol–water partition coefficient (Wildman–Crippen LogP) is 3.42. The van der Waals surface area contributed by atoms with Crippen LogP contribution in [-0.2, 0) is 6.42 Å². The van der Waals surface area contributed by atoms with Gasteiger partial charge in [0, 0.05) is 17.8 Å². The van der Waals surface area contributed by atoms with Gasteiger partial charge in [-0.15, -0.1) is 0 Å². The van der Waals surface area contributed by atoms with Crippen LogP contribution in [0.1, 0.15) is 56.2 Å². The summed E-state index contributed by atoms with van der Waals surface area (Å²) in [6.07, 6.45) is 7.96. The maximum Gasteiger partial charge on any atom is 0.0328 e. The molecule has 1 fully saturated rings. The van der Waals surface area contributed by atoms with Crippen molar-refractivity contribution in [2.75, 3.05) is 5.73 Å². The quantitative estimate of drug-likeness (QED) is 0.782. The molecular formula is C16H24N2. The zero-order valence-corrected chi connectivity index (χ0v) is 11.3. The summed E-state index contributed by atoms with van der Waals surface area (Å²) in [7, 11) is 0. The van der Waals surface area contributed by atoms with Crippen molar-refractivity contribution in [2.45, 2.75) is 57.5 Å². The van der Waals surface area contributed by atoms with Crippen LogP contribution in [0, 0.1) is 5.92 Å². The fourth-order valence-electron chi connectivity index (χ4n) is 3.63. The molecule has 3 N–H and O–H groups in total. The Labute approximate surface area is 110 Å². The van der Waals surface area contributed by atoms with Crippen LogP contribution >= 0.6 is 0 Å². The van der Waals surface area contributed by atoms with E-state index in [0.29, 0.717) is 12.1 Å². The van der Waals surface area contributed by atoms with Gasteiger partial charge in [-0.2, -0.15) is 0 Å². The minimum Gasteiger partial charge on any atom is -0.399 e. The number of aryl methyl sites for hydroxylation is 1. The summed E-state index contributed by atoms with van der Waals surface area (Å²) in [6, 6.07) is 7.70. The Hall–Kier alpha value is -1.02. The van der Waals surface area contributed by atoms with Gasteiger partial charge >= 0.3 is 0 Å². The Bertz CT molecular complexity index is 427. The number of rotatable bonds is 2. The van der Waals surface area contributed by atoms with Crippen molar-refractivity contribution in [3.05, 3.63) is 29.3 Å². The highest BCUT2D eigenvalue weighted by Gasteiger charge is 2.28. The molecule has 0 spiro atoms. The molecule has 0 heterocycles. The number of hydrogen-bond acceptors (Lipinski definition) is 2. The van der Waals surface area contributed by atoms with E-state index in [1.54, 1.807) is 0 Å². The molecule has 2 aliphatic rings. The number of anilines is 1. The van der Waals surface area contributed by atoms with Gasteiger partial charge in [-0.3, -0.25) is 0 Å². The Morgan fingerprint density at radius 2 is 2.00 bits per heavy atom. The van der Waals surface area contributed by atoms with Crippen LogP contribution in [0.5, 0.6) is 0 Å². The molecule has 3 rings (SSSR count). The second-order valence-corrected chi connectivity index (χ2v) is 6.08. The largest absolute Gasteiger partial charge is 0.399 e. The molecule has 2 heteroatoms. The van der Waals surface area contributed by atoms with Crippen molar-refractivity contribution < 1.29 is 0 Å². The average Bonchev–Trinajstić information content (AvgIpc) is 2.74. The maximum atomic E-state index is 5.86. The van der Waals surface area contributed by atoms with Crippen molar-refractivity contribution in [3.63, 3.8) is 0 Å². The van der Waals surface area contributed by atoms with E-state index in [1.165, 1.54) is 49.7 Å².